The molecule has 0 spiro atoms. The third-order valence-corrected chi connectivity index (χ3v) is 4.19. The van der Waals surface area contributed by atoms with E-state index in [-0.39, 0.29) is 36.8 Å². The van der Waals surface area contributed by atoms with Crippen LogP contribution in [0.4, 0.5) is 0 Å². The monoisotopic (exact) mass is 335 g/mol. The molecule has 2 aromatic rings. The summed E-state index contributed by atoms with van der Waals surface area (Å²) in [5.41, 5.74) is 6.60. The Kier molecular flexibility index (Phi) is 7.44. The fraction of sp³-hybridized carbons (Fsp3) is 0.385. The topological polar surface area (TPSA) is 59.2 Å². The molecule has 1 heterocycles. The zero-order valence-electron chi connectivity index (χ0n) is 11.6. The molecule has 1 aromatic carbocycles. The van der Waals surface area contributed by atoms with E-state index in [9.17, 15) is 4.79 Å². The van der Waals surface area contributed by atoms with Crippen LogP contribution in [0.25, 0.3) is 10.2 Å². The summed E-state index contributed by atoms with van der Waals surface area (Å²) >= 11 is 1.62. The number of hydrogen-bond donors (Lipinski definition) is 1. The van der Waals surface area contributed by atoms with Crippen LogP contribution in [0.1, 0.15) is 24.9 Å². The number of nitrogens with two attached hydrogens (primary N) is 1. The largest absolute Gasteiger partial charge is 0.335 e. The maximum absolute atomic E-state index is 11.9. The predicted octanol–water partition coefficient (Wildman–Crippen LogP) is 3.01. The first-order chi connectivity index (χ1) is 8.50. The van der Waals surface area contributed by atoms with Gasteiger partial charge < -0.3 is 10.6 Å². The lowest BCUT2D eigenvalue weighted by Crippen LogP contribution is -2.40. The van der Waals surface area contributed by atoms with Gasteiger partial charge in [0.15, 0.2) is 0 Å². The number of carbonyl (C=O) groups excluding carboxylic acids is 1. The third-order valence-electron chi connectivity index (χ3n) is 2.99. The van der Waals surface area contributed by atoms with Crippen molar-refractivity contribution in [2.24, 2.45) is 5.73 Å². The number of halogens is 2. The molecule has 0 bridgehead atoms. The van der Waals surface area contributed by atoms with E-state index in [2.05, 4.69) is 4.98 Å². The Bertz CT molecular complexity index is 540. The molecule has 0 aliphatic rings. The van der Waals surface area contributed by atoms with Crippen molar-refractivity contribution < 1.29 is 4.79 Å². The lowest BCUT2D eigenvalue weighted by molar-refractivity contribution is -0.132. The van der Waals surface area contributed by atoms with Crippen LogP contribution in [-0.4, -0.2) is 28.9 Å². The standard InChI is InChI=1S/C13H17N3OS.2ClH/c1-8(14)13(17)16(3)9(2)12-15-10-6-4-5-7-11(10)18-12;;/h4-9H,14H2,1-3H3;2*1H. The first kappa shape index (κ1) is 19.1. The van der Waals surface area contributed by atoms with Gasteiger partial charge in [-0.2, -0.15) is 0 Å². The van der Waals surface area contributed by atoms with Crippen LogP contribution in [0.2, 0.25) is 0 Å². The van der Waals surface area contributed by atoms with Crippen molar-refractivity contribution in [3.8, 4) is 0 Å². The molecule has 2 N–H and O–H groups in total. The van der Waals surface area contributed by atoms with Crippen molar-refractivity contribution in [1.82, 2.24) is 9.88 Å². The van der Waals surface area contributed by atoms with Crippen LogP contribution >= 0.6 is 36.2 Å². The molecular weight excluding hydrogens is 317 g/mol. The lowest BCUT2D eigenvalue weighted by Gasteiger charge is -2.24. The Morgan fingerprint density at radius 1 is 1.30 bits per heavy atom. The van der Waals surface area contributed by atoms with E-state index in [1.807, 2.05) is 31.2 Å². The number of fused-ring (bicyclic) bond motifs is 1. The van der Waals surface area contributed by atoms with E-state index < -0.39 is 6.04 Å². The average Bonchev–Trinajstić information content (AvgIpc) is 2.79. The minimum absolute atomic E-state index is 0. The molecule has 1 amide bonds. The molecule has 112 valence electrons. The number of likely N-dealkylation sites (N-methyl/N-ethyl adjacent to an activating group) is 1. The van der Waals surface area contributed by atoms with Gasteiger partial charge in [-0.3, -0.25) is 4.79 Å². The highest BCUT2D eigenvalue weighted by molar-refractivity contribution is 7.18. The molecule has 0 aliphatic carbocycles. The molecule has 0 saturated heterocycles. The van der Waals surface area contributed by atoms with Gasteiger partial charge in [0.25, 0.3) is 0 Å². The fourth-order valence-corrected chi connectivity index (χ4v) is 2.81. The maximum Gasteiger partial charge on any atom is 0.239 e. The minimum Gasteiger partial charge on any atom is -0.335 e. The van der Waals surface area contributed by atoms with Crippen LogP contribution in [0.15, 0.2) is 24.3 Å². The summed E-state index contributed by atoms with van der Waals surface area (Å²) in [6.07, 6.45) is 0. The van der Waals surface area contributed by atoms with Gasteiger partial charge in [-0.1, -0.05) is 12.1 Å². The Hall–Kier alpha value is -0.880. The second kappa shape index (κ2) is 7.78. The van der Waals surface area contributed by atoms with Gasteiger partial charge in [0.2, 0.25) is 5.91 Å². The number of thiazole rings is 1. The number of benzene rings is 1. The Balaban J connectivity index is 0.00000180. The Labute approximate surface area is 135 Å². The number of amides is 1. The number of nitrogens with zero attached hydrogens (tertiary/aromatic N) is 2. The van der Waals surface area contributed by atoms with E-state index in [4.69, 9.17) is 5.73 Å². The first-order valence-electron chi connectivity index (χ1n) is 5.88. The van der Waals surface area contributed by atoms with E-state index >= 15 is 0 Å². The van der Waals surface area contributed by atoms with Crippen molar-refractivity contribution in [2.45, 2.75) is 25.9 Å². The highest BCUT2D eigenvalue weighted by Crippen LogP contribution is 2.28. The SMILES string of the molecule is CC(N)C(=O)N(C)C(C)c1nc2ccccc2s1.Cl.Cl. The highest BCUT2D eigenvalue weighted by atomic mass is 35.5. The maximum atomic E-state index is 11.9. The van der Waals surface area contributed by atoms with Crippen molar-refractivity contribution in [3.05, 3.63) is 29.3 Å². The van der Waals surface area contributed by atoms with Gasteiger partial charge in [-0.15, -0.1) is 36.2 Å². The predicted molar refractivity (Wildman–Crippen MR) is 89.0 cm³/mol. The van der Waals surface area contributed by atoms with Crippen LogP contribution in [-0.2, 0) is 4.79 Å². The molecule has 0 aliphatic heterocycles. The second-order valence-corrected chi connectivity index (χ2v) is 5.50. The van der Waals surface area contributed by atoms with Crippen LogP contribution in [0.3, 0.4) is 0 Å². The quantitative estimate of drug-likeness (QED) is 0.937. The van der Waals surface area contributed by atoms with Gasteiger partial charge in [0, 0.05) is 7.05 Å². The molecule has 7 heteroatoms. The fourth-order valence-electron chi connectivity index (χ4n) is 1.75. The molecule has 0 fully saturated rings. The summed E-state index contributed by atoms with van der Waals surface area (Å²) in [5, 5.41) is 0.938. The molecule has 0 radical (unpaired) electrons. The molecule has 2 atom stereocenters. The van der Waals surface area contributed by atoms with Crippen molar-refractivity contribution >= 4 is 52.3 Å². The summed E-state index contributed by atoms with van der Waals surface area (Å²) < 4.78 is 1.14. The van der Waals surface area contributed by atoms with Crippen molar-refractivity contribution in [1.29, 1.82) is 0 Å². The van der Waals surface area contributed by atoms with Gasteiger partial charge in [-0.05, 0) is 26.0 Å². The van der Waals surface area contributed by atoms with Gasteiger partial charge in [0.05, 0.1) is 22.3 Å². The van der Waals surface area contributed by atoms with Crippen molar-refractivity contribution in [3.63, 3.8) is 0 Å². The molecular formula is C13H19Cl2N3OS. The van der Waals surface area contributed by atoms with Gasteiger partial charge in [0.1, 0.15) is 5.01 Å². The number of para-hydroxylation sites is 1. The van der Waals surface area contributed by atoms with Crippen LogP contribution in [0.5, 0.6) is 0 Å². The number of carbonyl (C=O) groups is 1. The van der Waals surface area contributed by atoms with Crippen LogP contribution < -0.4 is 5.73 Å². The molecule has 4 nitrogen and oxygen atoms in total. The van der Waals surface area contributed by atoms with E-state index in [1.165, 1.54) is 0 Å². The highest BCUT2D eigenvalue weighted by Gasteiger charge is 2.22. The average molecular weight is 336 g/mol. The Morgan fingerprint density at radius 3 is 2.45 bits per heavy atom. The number of rotatable bonds is 3. The lowest BCUT2D eigenvalue weighted by atomic mass is 10.2. The normalized spacial score (nSPS) is 13.0. The van der Waals surface area contributed by atoms with Crippen LogP contribution in [0, 0.1) is 0 Å². The molecule has 0 saturated carbocycles. The summed E-state index contributed by atoms with van der Waals surface area (Å²) in [6, 6.07) is 7.44. The second-order valence-electron chi connectivity index (χ2n) is 4.43. The van der Waals surface area contributed by atoms with Gasteiger partial charge in [-0.25, -0.2) is 4.98 Å². The third kappa shape index (κ3) is 3.82. The first-order valence-corrected chi connectivity index (χ1v) is 6.70. The summed E-state index contributed by atoms with van der Waals surface area (Å²) in [4.78, 5) is 18.1. The van der Waals surface area contributed by atoms with Crippen molar-refractivity contribution in [2.75, 3.05) is 7.05 Å². The zero-order valence-corrected chi connectivity index (χ0v) is 14.0. The number of aromatic nitrogens is 1. The van der Waals surface area contributed by atoms with E-state index in [1.54, 1.807) is 30.2 Å². The van der Waals surface area contributed by atoms with E-state index in [0.29, 0.717) is 0 Å². The minimum atomic E-state index is -0.480. The van der Waals surface area contributed by atoms with E-state index in [0.717, 1.165) is 15.2 Å². The summed E-state index contributed by atoms with van der Waals surface area (Å²) in [7, 11) is 1.77. The smallest absolute Gasteiger partial charge is 0.239 e. The molecule has 20 heavy (non-hydrogen) atoms. The molecule has 2 rings (SSSR count). The summed E-state index contributed by atoms with van der Waals surface area (Å²) in [6.45, 7) is 3.67. The summed E-state index contributed by atoms with van der Waals surface area (Å²) in [5.74, 6) is -0.0678. The number of hydrogen-bond acceptors (Lipinski definition) is 4. The zero-order chi connectivity index (χ0) is 13.3. The Morgan fingerprint density at radius 2 is 1.90 bits per heavy atom. The van der Waals surface area contributed by atoms with Gasteiger partial charge >= 0.3 is 0 Å². The molecule has 2 unspecified atom stereocenters. The molecule has 1 aromatic heterocycles.